The van der Waals surface area contributed by atoms with Crippen molar-refractivity contribution < 1.29 is 19.1 Å². The predicted octanol–water partition coefficient (Wildman–Crippen LogP) is 3.00. The van der Waals surface area contributed by atoms with E-state index in [4.69, 9.17) is 9.72 Å². The summed E-state index contributed by atoms with van der Waals surface area (Å²) in [6.45, 7) is 6.09. The Balaban J connectivity index is 1.94. The monoisotopic (exact) mass is 397 g/mol. The molecule has 1 heterocycles. The normalized spacial score (nSPS) is 16.1. The number of urea groups is 1. The Kier molecular flexibility index (Phi) is 5.86. The number of aryl methyl sites for hydroxylation is 1. The van der Waals surface area contributed by atoms with Crippen LogP contribution in [0.3, 0.4) is 0 Å². The molecule has 1 aliphatic rings. The van der Waals surface area contributed by atoms with Gasteiger partial charge in [0.05, 0.1) is 11.1 Å². The van der Waals surface area contributed by atoms with Crippen LogP contribution in [-0.4, -0.2) is 36.5 Å². The molecule has 0 bridgehead atoms. The van der Waals surface area contributed by atoms with Crippen molar-refractivity contribution in [1.29, 1.82) is 0 Å². The first kappa shape index (κ1) is 20.8. The number of nitrogens with zero attached hydrogens (tertiary/aromatic N) is 1. The van der Waals surface area contributed by atoms with Crippen LogP contribution in [0.15, 0.2) is 24.3 Å². The molecular formula is C22H27N3O4. The number of para-hydroxylation sites is 1. The van der Waals surface area contributed by atoms with E-state index in [1.165, 1.54) is 7.05 Å². The molecular weight excluding hydrogens is 370 g/mol. The summed E-state index contributed by atoms with van der Waals surface area (Å²) in [5.41, 5.74) is 3.16. The molecule has 3 amide bonds. The fraction of sp³-hybridized carbons (Fsp3) is 0.455. The van der Waals surface area contributed by atoms with Gasteiger partial charge in [0, 0.05) is 18.1 Å². The van der Waals surface area contributed by atoms with Gasteiger partial charge >= 0.3 is 12.0 Å². The van der Waals surface area contributed by atoms with Crippen molar-refractivity contribution in [3.8, 4) is 0 Å². The molecule has 0 aliphatic heterocycles. The predicted molar refractivity (Wildman–Crippen MR) is 110 cm³/mol. The highest BCUT2D eigenvalue weighted by Crippen LogP contribution is 2.39. The number of carbonyl (C=O) groups excluding carboxylic acids is 3. The average Bonchev–Trinajstić information content (AvgIpc) is 2.68. The van der Waals surface area contributed by atoms with Crippen molar-refractivity contribution in [2.75, 3.05) is 13.7 Å². The van der Waals surface area contributed by atoms with Crippen LogP contribution in [0.4, 0.5) is 4.79 Å². The van der Waals surface area contributed by atoms with Crippen LogP contribution < -0.4 is 10.6 Å². The van der Waals surface area contributed by atoms with Crippen LogP contribution in [0, 0.1) is 11.3 Å². The molecule has 154 valence electrons. The number of benzene rings is 1. The van der Waals surface area contributed by atoms with Gasteiger partial charge in [0.1, 0.15) is 0 Å². The second kappa shape index (κ2) is 8.19. The number of esters is 1. The van der Waals surface area contributed by atoms with Crippen molar-refractivity contribution in [1.82, 2.24) is 15.6 Å². The van der Waals surface area contributed by atoms with Gasteiger partial charge in [0.15, 0.2) is 6.61 Å². The topological polar surface area (TPSA) is 97.4 Å². The quantitative estimate of drug-likeness (QED) is 0.776. The first-order valence-electron chi connectivity index (χ1n) is 9.80. The van der Waals surface area contributed by atoms with Crippen LogP contribution in [0.1, 0.15) is 48.8 Å². The van der Waals surface area contributed by atoms with Crippen molar-refractivity contribution in [2.45, 2.75) is 40.0 Å². The number of imide groups is 1. The van der Waals surface area contributed by atoms with Crippen molar-refractivity contribution in [3.63, 3.8) is 0 Å². The summed E-state index contributed by atoms with van der Waals surface area (Å²) in [6.07, 6.45) is 2.57. The van der Waals surface area contributed by atoms with Gasteiger partial charge in [-0.1, -0.05) is 39.0 Å². The number of hydrogen-bond donors (Lipinski definition) is 2. The maximum atomic E-state index is 13.0. The molecule has 0 unspecified atom stereocenters. The number of fused-ring (bicyclic) bond motifs is 2. The summed E-state index contributed by atoms with van der Waals surface area (Å²) in [4.78, 5) is 40.9. The van der Waals surface area contributed by atoms with Crippen LogP contribution in [0.25, 0.3) is 10.9 Å². The summed E-state index contributed by atoms with van der Waals surface area (Å²) in [6, 6.07) is 6.82. The van der Waals surface area contributed by atoms with Crippen molar-refractivity contribution in [2.24, 2.45) is 11.3 Å². The summed E-state index contributed by atoms with van der Waals surface area (Å²) in [7, 11) is 1.40. The molecule has 0 saturated carbocycles. The number of amides is 3. The van der Waals surface area contributed by atoms with Crippen molar-refractivity contribution in [3.05, 3.63) is 41.1 Å². The Bertz CT molecular complexity index is 962. The van der Waals surface area contributed by atoms with Gasteiger partial charge in [-0.15, -0.1) is 0 Å². The molecule has 1 aliphatic carbocycles. The highest BCUT2D eigenvalue weighted by molar-refractivity contribution is 6.06. The molecule has 7 nitrogen and oxygen atoms in total. The minimum atomic E-state index is -0.683. The molecule has 0 spiro atoms. The minimum Gasteiger partial charge on any atom is -0.452 e. The second-order valence-corrected chi connectivity index (χ2v) is 8.44. The number of ether oxygens (including phenoxy) is 1. The number of rotatable bonds is 3. The van der Waals surface area contributed by atoms with E-state index in [1.54, 1.807) is 0 Å². The lowest BCUT2D eigenvalue weighted by Crippen LogP contribution is -2.39. The fourth-order valence-electron chi connectivity index (χ4n) is 3.79. The highest BCUT2D eigenvalue weighted by atomic mass is 16.5. The van der Waals surface area contributed by atoms with E-state index in [0.29, 0.717) is 11.5 Å². The number of hydrogen-bond acceptors (Lipinski definition) is 5. The fourth-order valence-corrected chi connectivity index (χ4v) is 3.79. The number of nitrogens with one attached hydrogen (secondary N) is 2. The molecule has 1 atom stereocenters. The molecule has 7 heteroatoms. The molecule has 0 fully saturated rings. The Morgan fingerprint density at radius 2 is 1.93 bits per heavy atom. The van der Waals surface area contributed by atoms with Gasteiger partial charge in [-0.2, -0.15) is 0 Å². The average molecular weight is 397 g/mol. The molecule has 2 aromatic rings. The van der Waals surface area contributed by atoms with E-state index in [0.717, 1.165) is 41.4 Å². The van der Waals surface area contributed by atoms with Crippen LogP contribution in [0.2, 0.25) is 0 Å². The SMILES string of the molecule is CNC(=O)NC(=O)COC(=O)c1c2c(nc3ccccc13)CC[C@H](C(C)(C)C)C2. The summed E-state index contributed by atoms with van der Waals surface area (Å²) >= 11 is 0. The molecule has 3 rings (SSSR count). The smallest absolute Gasteiger partial charge is 0.339 e. The third kappa shape index (κ3) is 4.55. The number of carbonyl (C=O) groups is 3. The Hall–Kier alpha value is -2.96. The standard InChI is InChI=1S/C22H27N3O4/c1-22(2,3)13-9-10-17-15(11-13)19(14-7-5-6-8-16(14)24-17)20(27)29-12-18(26)25-21(28)23-4/h5-8,13H,9-12H2,1-4H3,(H2,23,25,26,28)/t13-/m0/s1. The van der Waals surface area contributed by atoms with E-state index in [9.17, 15) is 14.4 Å². The Morgan fingerprint density at radius 3 is 2.62 bits per heavy atom. The molecule has 2 N–H and O–H groups in total. The van der Waals surface area contributed by atoms with Gasteiger partial charge in [-0.05, 0) is 42.2 Å². The number of pyridine rings is 1. The second-order valence-electron chi connectivity index (χ2n) is 8.44. The van der Waals surface area contributed by atoms with E-state index >= 15 is 0 Å². The van der Waals surface area contributed by atoms with Crippen LogP contribution in [-0.2, 0) is 22.4 Å². The maximum Gasteiger partial charge on any atom is 0.339 e. The zero-order valence-corrected chi connectivity index (χ0v) is 17.3. The molecule has 29 heavy (non-hydrogen) atoms. The zero-order chi connectivity index (χ0) is 21.2. The zero-order valence-electron chi connectivity index (χ0n) is 17.3. The lowest BCUT2D eigenvalue weighted by Gasteiger charge is -2.35. The minimum absolute atomic E-state index is 0.109. The molecule has 1 aromatic heterocycles. The summed E-state index contributed by atoms with van der Waals surface area (Å²) in [5, 5.41) is 5.08. The highest BCUT2D eigenvalue weighted by Gasteiger charge is 2.33. The van der Waals surface area contributed by atoms with E-state index < -0.39 is 24.5 Å². The lowest BCUT2D eigenvalue weighted by atomic mass is 9.70. The van der Waals surface area contributed by atoms with Gasteiger partial charge in [0.2, 0.25) is 0 Å². The first-order valence-corrected chi connectivity index (χ1v) is 9.80. The third-order valence-electron chi connectivity index (χ3n) is 5.50. The molecule has 1 aromatic carbocycles. The maximum absolute atomic E-state index is 13.0. The molecule has 0 saturated heterocycles. The van der Waals surface area contributed by atoms with Crippen LogP contribution >= 0.6 is 0 Å². The Morgan fingerprint density at radius 1 is 1.21 bits per heavy atom. The first-order chi connectivity index (χ1) is 13.7. The third-order valence-corrected chi connectivity index (χ3v) is 5.50. The van der Waals surface area contributed by atoms with E-state index in [-0.39, 0.29) is 5.41 Å². The van der Waals surface area contributed by atoms with Gasteiger partial charge < -0.3 is 10.1 Å². The summed E-state index contributed by atoms with van der Waals surface area (Å²) in [5.74, 6) is -0.833. The van der Waals surface area contributed by atoms with Crippen LogP contribution in [0.5, 0.6) is 0 Å². The van der Waals surface area contributed by atoms with Gasteiger partial charge in [-0.25, -0.2) is 9.59 Å². The van der Waals surface area contributed by atoms with Gasteiger partial charge in [0.25, 0.3) is 5.91 Å². The van der Waals surface area contributed by atoms with Crippen molar-refractivity contribution >= 4 is 28.8 Å². The Labute approximate surface area is 170 Å². The largest absolute Gasteiger partial charge is 0.452 e. The van der Waals surface area contributed by atoms with E-state index in [1.807, 2.05) is 24.3 Å². The lowest BCUT2D eigenvalue weighted by molar-refractivity contribution is -0.123. The summed E-state index contributed by atoms with van der Waals surface area (Å²) < 4.78 is 5.27. The molecule has 0 radical (unpaired) electrons. The van der Waals surface area contributed by atoms with Gasteiger partial charge in [-0.3, -0.25) is 15.1 Å². The van der Waals surface area contributed by atoms with E-state index in [2.05, 4.69) is 31.4 Å². The number of aromatic nitrogens is 1.